The Balaban J connectivity index is 2.30. The maximum absolute atomic E-state index is 11.0. The first-order chi connectivity index (χ1) is 6.24. The van der Waals surface area contributed by atoms with Crippen LogP contribution >= 0.6 is 0 Å². The van der Waals surface area contributed by atoms with Crippen LogP contribution in [0, 0.1) is 5.92 Å². The van der Waals surface area contributed by atoms with Crippen LogP contribution in [0.2, 0.25) is 0 Å². The second kappa shape index (κ2) is 5.05. The van der Waals surface area contributed by atoms with E-state index in [1.165, 1.54) is 0 Å². The summed E-state index contributed by atoms with van der Waals surface area (Å²) in [4.78, 5) is 13.0. The lowest BCUT2D eigenvalue weighted by Crippen LogP contribution is -2.36. The van der Waals surface area contributed by atoms with Crippen molar-refractivity contribution in [3.63, 3.8) is 0 Å². The molecule has 1 saturated heterocycles. The molecule has 0 aromatic rings. The molecule has 0 aliphatic carbocycles. The maximum Gasteiger partial charge on any atom is 0.219 e. The highest BCUT2D eigenvalue weighted by Crippen LogP contribution is 2.18. The normalized spacial score (nSPS) is 19.7. The van der Waals surface area contributed by atoms with Gasteiger partial charge in [-0.15, -0.1) is 0 Å². The number of likely N-dealkylation sites (tertiary alicyclic amines) is 1. The fraction of sp³-hybridized carbons (Fsp3) is 0.727. The lowest BCUT2D eigenvalue weighted by Gasteiger charge is -2.29. The number of piperidine rings is 1. The van der Waals surface area contributed by atoms with Crippen molar-refractivity contribution in [2.75, 3.05) is 13.1 Å². The smallest absolute Gasteiger partial charge is 0.219 e. The van der Waals surface area contributed by atoms with Gasteiger partial charge >= 0.3 is 0 Å². The molecule has 1 aliphatic rings. The van der Waals surface area contributed by atoms with Crippen molar-refractivity contribution in [2.24, 2.45) is 5.92 Å². The molecule has 0 spiro atoms. The van der Waals surface area contributed by atoms with Crippen molar-refractivity contribution in [2.45, 2.75) is 33.1 Å². The van der Waals surface area contributed by atoms with E-state index in [9.17, 15) is 4.79 Å². The lowest BCUT2D eigenvalue weighted by molar-refractivity contribution is -0.129. The maximum atomic E-state index is 11.0. The SMILES string of the molecule is CC/C=C/C1CCN(C(C)=O)CC1. The lowest BCUT2D eigenvalue weighted by atomic mass is 9.96. The van der Waals surface area contributed by atoms with Crippen LogP contribution in [0.5, 0.6) is 0 Å². The Kier molecular flexibility index (Phi) is 4.00. The number of allylic oxidation sites excluding steroid dienone is 2. The van der Waals surface area contributed by atoms with Crippen molar-refractivity contribution in [3.8, 4) is 0 Å². The van der Waals surface area contributed by atoms with Crippen LogP contribution in [0.15, 0.2) is 12.2 Å². The number of rotatable bonds is 2. The molecular weight excluding hydrogens is 162 g/mol. The van der Waals surface area contributed by atoms with E-state index in [-0.39, 0.29) is 5.91 Å². The van der Waals surface area contributed by atoms with Crippen LogP contribution in [-0.4, -0.2) is 23.9 Å². The summed E-state index contributed by atoms with van der Waals surface area (Å²) in [5.41, 5.74) is 0. The van der Waals surface area contributed by atoms with Crippen LogP contribution in [0.25, 0.3) is 0 Å². The van der Waals surface area contributed by atoms with Crippen molar-refractivity contribution >= 4 is 5.91 Å². The molecule has 2 heteroatoms. The van der Waals surface area contributed by atoms with Crippen LogP contribution in [0.4, 0.5) is 0 Å². The number of carbonyl (C=O) groups excluding carboxylic acids is 1. The average molecular weight is 181 g/mol. The van der Waals surface area contributed by atoms with Gasteiger partial charge < -0.3 is 4.90 Å². The largest absolute Gasteiger partial charge is 0.343 e. The van der Waals surface area contributed by atoms with E-state index in [4.69, 9.17) is 0 Å². The average Bonchev–Trinajstić information content (AvgIpc) is 2.15. The zero-order chi connectivity index (χ0) is 9.68. The third kappa shape index (κ3) is 3.21. The van der Waals surface area contributed by atoms with Crippen LogP contribution in [-0.2, 0) is 4.79 Å². The summed E-state index contributed by atoms with van der Waals surface area (Å²) in [5.74, 6) is 0.925. The van der Waals surface area contributed by atoms with Crippen molar-refractivity contribution in [1.82, 2.24) is 4.90 Å². The van der Waals surface area contributed by atoms with Crippen molar-refractivity contribution in [3.05, 3.63) is 12.2 Å². The second-order valence-electron chi connectivity index (χ2n) is 3.68. The van der Waals surface area contributed by atoms with E-state index >= 15 is 0 Å². The van der Waals surface area contributed by atoms with Crippen LogP contribution < -0.4 is 0 Å². The van der Waals surface area contributed by atoms with Gasteiger partial charge in [-0.1, -0.05) is 19.1 Å². The summed E-state index contributed by atoms with van der Waals surface area (Å²) in [7, 11) is 0. The Labute approximate surface area is 80.6 Å². The Morgan fingerprint density at radius 2 is 2.08 bits per heavy atom. The first-order valence-corrected chi connectivity index (χ1v) is 5.16. The molecule has 1 rings (SSSR count). The van der Waals surface area contributed by atoms with Gasteiger partial charge in [-0.3, -0.25) is 4.79 Å². The van der Waals surface area contributed by atoms with Gasteiger partial charge in [0.15, 0.2) is 0 Å². The van der Waals surface area contributed by atoms with E-state index < -0.39 is 0 Å². The Hall–Kier alpha value is -0.790. The van der Waals surface area contributed by atoms with E-state index in [2.05, 4.69) is 19.1 Å². The predicted octanol–water partition coefficient (Wildman–Crippen LogP) is 2.21. The summed E-state index contributed by atoms with van der Waals surface area (Å²) >= 11 is 0. The molecule has 0 aromatic heterocycles. The van der Waals surface area contributed by atoms with E-state index in [1.807, 2.05) is 4.90 Å². The molecule has 0 bridgehead atoms. The third-order valence-electron chi connectivity index (χ3n) is 2.63. The van der Waals surface area contributed by atoms with E-state index in [0.717, 1.165) is 32.4 Å². The van der Waals surface area contributed by atoms with E-state index in [1.54, 1.807) is 6.92 Å². The molecular formula is C11H19NO. The third-order valence-corrected chi connectivity index (χ3v) is 2.63. The van der Waals surface area contributed by atoms with Gasteiger partial charge in [0.25, 0.3) is 0 Å². The minimum atomic E-state index is 0.220. The molecule has 1 fully saturated rings. The van der Waals surface area contributed by atoms with E-state index in [0.29, 0.717) is 5.92 Å². The first kappa shape index (κ1) is 10.3. The minimum Gasteiger partial charge on any atom is -0.343 e. The number of carbonyl (C=O) groups is 1. The molecule has 0 N–H and O–H groups in total. The van der Waals surface area contributed by atoms with Gasteiger partial charge in [-0.2, -0.15) is 0 Å². The molecule has 0 radical (unpaired) electrons. The Morgan fingerprint density at radius 3 is 2.54 bits per heavy atom. The fourth-order valence-corrected chi connectivity index (χ4v) is 1.74. The summed E-state index contributed by atoms with van der Waals surface area (Å²) in [6.07, 6.45) is 7.92. The number of nitrogens with zero attached hydrogens (tertiary/aromatic N) is 1. The predicted molar refractivity (Wildman–Crippen MR) is 54.4 cm³/mol. The molecule has 1 heterocycles. The highest BCUT2D eigenvalue weighted by atomic mass is 16.2. The first-order valence-electron chi connectivity index (χ1n) is 5.16. The highest BCUT2D eigenvalue weighted by molar-refractivity contribution is 5.73. The van der Waals surface area contributed by atoms with Crippen LogP contribution in [0.1, 0.15) is 33.1 Å². The van der Waals surface area contributed by atoms with Gasteiger partial charge in [-0.25, -0.2) is 0 Å². The summed E-state index contributed by atoms with van der Waals surface area (Å²) in [5, 5.41) is 0. The van der Waals surface area contributed by atoms with Crippen molar-refractivity contribution < 1.29 is 4.79 Å². The molecule has 0 atom stereocenters. The van der Waals surface area contributed by atoms with Gasteiger partial charge in [0.1, 0.15) is 0 Å². The van der Waals surface area contributed by atoms with Gasteiger partial charge in [0.05, 0.1) is 0 Å². The monoisotopic (exact) mass is 181 g/mol. The minimum absolute atomic E-state index is 0.220. The molecule has 0 aromatic carbocycles. The summed E-state index contributed by atoms with van der Waals surface area (Å²) in [6.45, 7) is 5.69. The van der Waals surface area contributed by atoms with Crippen molar-refractivity contribution in [1.29, 1.82) is 0 Å². The number of hydrogen-bond acceptors (Lipinski definition) is 1. The highest BCUT2D eigenvalue weighted by Gasteiger charge is 2.18. The zero-order valence-electron chi connectivity index (χ0n) is 8.62. The van der Waals surface area contributed by atoms with Crippen LogP contribution in [0.3, 0.4) is 0 Å². The summed E-state index contributed by atoms with van der Waals surface area (Å²) < 4.78 is 0. The molecule has 2 nitrogen and oxygen atoms in total. The molecule has 74 valence electrons. The molecule has 1 amide bonds. The van der Waals surface area contributed by atoms with Gasteiger partial charge in [-0.05, 0) is 25.2 Å². The zero-order valence-corrected chi connectivity index (χ0v) is 8.62. The Bertz CT molecular complexity index is 190. The standard InChI is InChI=1S/C11H19NO/c1-3-4-5-11-6-8-12(9-7-11)10(2)13/h4-5,11H,3,6-9H2,1-2H3/b5-4+. The summed E-state index contributed by atoms with van der Waals surface area (Å²) in [6, 6.07) is 0. The van der Waals surface area contributed by atoms with Gasteiger partial charge in [0, 0.05) is 20.0 Å². The topological polar surface area (TPSA) is 20.3 Å². The fourth-order valence-electron chi connectivity index (χ4n) is 1.74. The molecule has 0 unspecified atom stereocenters. The number of hydrogen-bond donors (Lipinski definition) is 0. The molecule has 13 heavy (non-hydrogen) atoms. The molecule has 1 aliphatic heterocycles. The number of amides is 1. The Morgan fingerprint density at radius 1 is 1.46 bits per heavy atom. The van der Waals surface area contributed by atoms with Gasteiger partial charge in [0.2, 0.25) is 5.91 Å². The molecule has 0 saturated carbocycles. The second-order valence-corrected chi connectivity index (χ2v) is 3.68. The quantitative estimate of drug-likeness (QED) is 0.598.